The summed E-state index contributed by atoms with van der Waals surface area (Å²) in [6, 6.07) is 2.48. The number of anilines is 1. The molecule has 0 aliphatic heterocycles. The fourth-order valence-electron chi connectivity index (χ4n) is 2.69. The van der Waals surface area contributed by atoms with E-state index in [1.807, 2.05) is 4.98 Å². The molecule has 0 amide bonds. The Labute approximate surface area is 157 Å². The van der Waals surface area contributed by atoms with Gasteiger partial charge in [-0.25, -0.2) is 14.4 Å². The molecule has 28 heavy (non-hydrogen) atoms. The summed E-state index contributed by atoms with van der Waals surface area (Å²) in [5, 5.41) is 19.1. The molecule has 0 radical (unpaired) electrons. The average molecular weight is 392 g/mol. The highest BCUT2D eigenvalue weighted by Gasteiger charge is 2.32. The minimum atomic E-state index is -1.73. The number of methoxy groups -OCH3 is 3. The monoisotopic (exact) mass is 392 g/mol. The van der Waals surface area contributed by atoms with Crippen LogP contribution >= 0.6 is 0 Å². The molecule has 0 atom stereocenters. The third-order valence-electron chi connectivity index (χ3n) is 3.86. The zero-order valence-electron chi connectivity index (χ0n) is 15.0. The van der Waals surface area contributed by atoms with Crippen LogP contribution in [0.4, 0.5) is 5.82 Å². The minimum absolute atomic E-state index is 0.130. The van der Waals surface area contributed by atoms with Crippen LogP contribution < -0.4 is 20.8 Å². The Morgan fingerprint density at radius 2 is 1.57 bits per heavy atom. The van der Waals surface area contributed by atoms with Crippen molar-refractivity contribution in [3.8, 4) is 22.6 Å². The smallest absolute Gasteiger partial charge is 0.342 e. The molecule has 0 saturated heterocycles. The van der Waals surface area contributed by atoms with Crippen LogP contribution in [0.3, 0.4) is 0 Å². The van der Waals surface area contributed by atoms with Crippen molar-refractivity contribution >= 4 is 23.7 Å². The van der Waals surface area contributed by atoms with Gasteiger partial charge >= 0.3 is 17.9 Å². The number of aromatic nitrogens is 1. The number of aromatic carboxylic acids is 2. The molecule has 1 aromatic carbocycles. The molecule has 11 heteroatoms. The summed E-state index contributed by atoms with van der Waals surface area (Å²) in [5.41, 5.74) is 1.65. The van der Waals surface area contributed by atoms with Gasteiger partial charge in [0, 0.05) is 17.2 Å². The van der Waals surface area contributed by atoms with E-state index in [4.69, 9.17) is 19.9 Å². The molecule has 148 valence electrons. The van der Waals surface area contributed by atoms with Gasteiger partial charge in [-0.15, -0.1) is 0 Å². The Morgan fingerprint density at radius 1 is 0.964 bits per heavy atom. The van der Waals surface area contributed by atoms with Crippen LogP contribution in [0.25, 0.3) is 11.1 Å². The van der Waals surface area contributed by atoms with Gasteiger partial charge in [-0.1, -0.05) is 0 Å². The zero-order valence-corrected chi connectivity index (χ0v) is 15.0. The number of nitrogens with two attached hydrogens (primary N) is 1. The van der Waals surface area contributed by atoms with E-state index in [0.29, 0.717) is 0 Å². The first-order chi connectivity index (χ1) is 13.2. The predicted molar refractivity (Wildman–Crippen MR) is 95.3 cm³/mol. The number of hydrogen-bond acceptors (Lipinski definition) is 8. The Bertz CT molecular complexity index is 1040. The van der Waals surface area contributed by atoms with Crippen molar-refractivity contribution in [2.75, 3.05) is 27.1 Å². The van der Waals surface area contributed by atoms with E-state index in [2.05, 4.69) is 0 Å². The standard InChI is InChI=1S/C17H16N2O9/c1-26-6-4-7(17(25)28-3)9(8(5-6)27-2)10-11(15(21)22)13(18)19-14(20)12(10)16(23)24/h4-5H,1-3H3,(H,21,22)(H,23,24)(H3,18,19,20). The fourth-order valence-corrected chi connectivity index (χ4v) is 2.69. The van der Waals surface area contributed by atoms with Gasteiger partial charge in [-0.3, -0.25) is 4.79 Å². The van der Waals surface area contributed by atoms with E-state index >= 15 is 0 Å². The summed E-state index contributed by atoms with van der Waals surface area (Å²) < 4.78 is 15.0. The molecule has 11 nitrogen and oxygen atoms in total. The summed E-state index contributed by atoms with van der Waals surface area (Å²) in [7, 11) is 3.59. The second kappa shape index (κ2) is 7.70. The summed E-state index contributed by atoms with van der Waals surface area (Å²) in [5.74, 6) is -4.88. The predicted octanol–water partition coefficient (Wildman–Crippen LogP) is 0.824. The minimum Gasteiger partial charge on any atom is -0.497 e. The highest BCUT2D eigenvalue weighted by Crippen LogP contribution is 2.41. The number of esters is 1. The van der Waals surface area contributed by atoms with E-state index < -0.39 is 46.0 Å². The molecule has 5 N–H and O–H groups in total. The summed E-state index contributed by atoms with van der Waals surface area (Å²) >= 11 is 0. The first-order valence-corrected chi connectivity index (χ1v) is 7.54. The first kappa shape index (κ1) is 20.3. The first-order valence-electron chi connectivity index (χ1n) is 7.54. The molecular weight excluding hydrogens is 376 g/mol. The van der Waals surface area contributed by atoms with Gasteiger partial charge in [0.15, 0.2) is 0 Å². The Balaban J connectivity index is 3.19. The van der Waals surface area contributed by atoms with E-state index in [-0.39, 0.29) is 22.6 Å². The SMILES string of the molecule is COC(=O)c1cc(OC)cc(OC)c1-c1c(C(=O)O)c(N)[nH]c(=O)c1C(=O)O. The van der Waals surface area contributed by atoms with Crippen molar-refractivity contribution in [1.82, 2.24) is 4.98 Å². The summed E-state index contributed by atoms with van der Waals surface area (Å²) in [6.07, 6.45) is 0. The van der Waals surface area contributed by atoms with Crippen LogP contribution in [0.2, 0.25) is 0 Å². The lowest BCUT2D eigenvalue weighted by molar-refractivity contribution is 0.0597. The van der Waals surface area contributed by atoms with Crippen LogP contribution in [0.15, 0.2) is 16.9 Å². The molecule has 0 saturated carbocycles. The quantitative estimate of drug-likeness (QED) is 0.514. The molecule has 2 aromatic rings. The largest absolute Gasteiger partial charge is 0.497 e. The number of carboxylic acid groups (broad SMARTS) is 2. The second-order valence-corrected chi connectivity index (χ2v) is 5.35. The molecule has 1 aromatic heterocycles. The molecular formula is C17H16N2O9. The van der Waals surface area contributed by atoms with Gasteiger partial charge in [-0.2, -0.15) is 0 Å². The van der Waals surface area contributed by atoms with Crippen molar-refractivity contribution in [3.05, 3.63) is 39.2 Å². The van der Waals surface area contributed by atoms with E-state index in [9.17, 15) is 29.4 Å². The maximum absolute atomic E-state index is 12.3. The number of H-pyrrole nitrogens is 1. The van der Waals surface area contributed by atoms with Crippen LogP contribution in [-0.4, -0.2) is 54.4 Å². The average Bonchev–Trinajstić information content (AvgIpc) is 2.64. The zero-order chi connectivity index (χ0) is 21.2. The highest BCUT2D eigenvalue weighted by molar-refractivity contribution is 6.11. The number of carbonyl (C=O) groups excluding carboxylic acids is 1. The number of hydrogen-bond donors (Lipinski definition) is 4. The molecule has 0 bridgehead atoms. The number of rotatable bonds is 6. The van der Waals surface area contributed by atoms with Gasteiger partial charge in [0.05, 0.1) is 26.9 Å². The summed E-state index contributed by atoms with van der Waals surface area (Å²) in [4.78, 5) is 50.1. The van der Waals surface area contributed by atoms with Gasteiger partial charge in [0.25, 0.3) is 5.56 Å². The Kier molecular flexibility index (Phi) is 5.58. The van der Waals surface area contributed by atoms with E-state index in [0.717, 1.165) is 7.11 Å². The number of nitrogens with one attached hydrogen (secondary N) is 1. The number of nitrogen functional groups attached to an aromatic ring is 1. The van der Waals surface area contributed by atoms with Crippen LogP contribution in [-0.2, 0) is 4.74 Å². The van der Waals surface area contributed by atoms with Gasteiger partial charge in [0.2, 0.25) is 0 Å². The maximum atomic E-state index is 12.3. The van der Waals surface area contributed by atoms with Crippen molar-refractivity contribution in [3.63, 3.8) is 0 Å². The van der Waals surface area contributed by atoms with Gasteiger partial charge in [-0.05, 0) is 6.07 Å². The maximum Gasteiger partial charge on any atom is 0.342 e. The number of ether oxygens (including phenoxy) is 3. The molecule has 0 aliphatic carbocycles. The molecule has 0 spiro atoms. The normalized spacial score (nSPS) is 10.2. The number of pyridine rings is 1. The Morgan fingerprint density at radius 3 is 2.04 bits per heavy atom. The van der Waals surface area contributed by atoms with E-state index in [1.165, 1.54) is 26.4 Å². The number of benzene rings is 1. The second-order valence-electron chi connectivity index (χ2n) is 5.35. The van der Waals surface area contributed by atoms with Gasteiger partial charge in [0.1, 0.15) is 28.4 Å². The van der Waals surface area contributed by atoms with Crippen molar-refractivity contribution < 1.29 is 38.8 Å². The lowest BCUT2D eigenvalue weighted by atomic mass is 9.90. The molecule has 1 heterocycles. The van der Waals surface area contributed by atoms with Crippen molar-refractivity contribution in [2.24, 2.45) is 0 Å². The molecule has 0 fully saturated rings. The highest BCUT2D eigenvalue weighted by atomic mass is 16.5. The van der Waals surface area contributed by atoms with Crippen LogP contribution in [0.1, 0.15) is 31.1 Å². The number of aromatic amines is 1. The lowest BCUT2D eigenvalue weighted by Gasteiger charge is -2.18. The fraction of sp³-hybridized carbons (Fsp3) is 0.176. The molecule has 0 aliphatic rings. The third-order valence-corrected chi connectivity index (χ3v) is 3.86. The number of carbonyl (C=O) groups is 3. The van der Waals surface area contributed by atoms with Crippen molar-refractivity contribution in [1.29, 1.82) is 0 Å². The Hall–Kier alpha value is -4.02. The molecule has 0 unspecified atom stereocenters. The van der Waals surface area contributed by atoms with Crippen molar-refractivity contribution in [2.45, 2.75) is 0 Å². The van der Waals surface area contributed by atoms with Crippen LogP contribution in [0.5, 0.6) is 11.5 Å². The van der Waals surface area contributed by atoms with Gasteiger partial charge < -0.3 is 35.1 Å². The lowest BCUT2D eigenvalue weighted by Crippen LogP contribution is -2.25. The van der Waals surface area contributed by atoms with Crippen LogP contribution in [0, 0.1) is 0 Å². The third kappa shape index (κ3) is 3.32. The topological polar surface area (TPSA) is 178 Å². The summed E-state index contributed by atoms with van der Waals surface area (Å²) in [6.45, 7) is 0. The number of carboxylic acids is 2. The van der Waals surface area contributed by atoms with E-state index in [1.54, 1.807) is 0 Å². The molecule has 2 rings (SSSR count).